The molecule has 0 aliphatic carbocycles. The fourth-order valence-corrected chi connectivity index (χ4v) is 3.03. The van der Waals surface area contributed by atoms with Gasteiger partial charge in [-0.25, -0.2) is 4.98 Å². The number of thiazole rings is 2. The van der Waals surface area contributed by atoms with Gasteiger partial charge in [0, 0.05) is 17.5 Å². The van der Waals surface area contributed by atoms with Gasteiger partial charge in [-0.2, -0.15) is 0 Å². The van der Waals surface area contributed by atoms with E-state index in [9.17, 15) is 5.11 Å². The van der Waals surface area contributed by atoms with E-state index >= 15 is 0 Å². The second-order valence-electron chi connectivity index (χ2n) is 3.37. The maximum absolute atomic E-state index is 10.0. The highest BCUT2D eigenvalue weighted by molar-refractivity contribution is 7.11. The smallest absolute Gasteiger partial charge is 0.0949 e. The molecule has 1 N–H and O–H groups in total. The van der Waals surface area contributed by atoms with Crippen LogP contribution in [0, 0.1) is 13.8 Å². The zero-order valence-corrected chi connectivity index (χ0v) is 10.2. The van der Waals surface area contributed by atoms with Gasteiger partial charge in [0.1, 0.15) is 0 Å². The Kier molecular flexibility index (Phi) is 3.14. The van der Waals surface area contributed by atoms with E-state index in [0.717, 1.165) is 20.5 Å². The third-order valence-corrected chi connectivity index (χ3v) is 4.10. The molecule has 5 heteroatoms. The minimum Gasteiger partial charge on any atom is -0.387 e. The van der Waals surface area contributed by atoms with Crippen molar-refractivity contribution < 1.29 is 5.11 Å². The lowest BCUT2D eigenvalue weighted by molar-refractivity contribution is 0.182. The summed E-state index contributed by atoms with van der Waals surface area (Å²) in [7, 11) is 0. The Morgan fingerprint density at radius 1 is 1.47 bits per heavy atom. The van der Waals surface area contributed by atoms with Gasteiger partial charge in [0.05, 0.1) is 27.2 Å². The van der Waals surface area contributed by atoms with Gasteiger partial charge in [0.15, 0.2) is 0 Å². The van der Waals surface area contributed by atoms with Gasteiger partial charge >= 0.3 is 0 Å². The van der Waals surface area contributed by atoms with Crippen LogP contribution in [0.3, 0.4) is 0 Å². The molecule has 0 bridgehead atoms. The molecule has 0 spiro atoms. The number of aryl methyl sites for hydroxylation is 2. The summed E-state index contributed by atoms with van der Waals surface area (Å²) in [5.41, 5.74) is 2.72. The molecule has 2 rings (SSSR count). The summed E-state index contributed by atoms with van der Waals surface area (Å²) in [5, 5.41) is 11.0. The van der Waals surface area contributed by atoms with Crippen molar-refractivity contribution in [3.05, 3.63) is 32.2 Å². The summed E-state index contributed by atoms with van der Waals surface area (Å²) >= 11 is 3.14. The number of hydrogen-bond donors (Lipinski definition) is 1. The summed E-state index contributed by atoms with van der Waals surface area (Å²) in [6.07, 6.45) is 1.99. The largest absolute Gasteiger partial charge is 0.387 e. The third-order valence-electron chi connectivity index (χ3n) is 2.12. The SMILES string of the molecule is Cc1nc(C)c(C(O)Cc2cncs2)s1. The standard InChI is InChI=1S/C10H12N2OS2/c1-6-10(15-7(2)12-6)9(13)3-8-4-11-5-14-8/h4-5,9,13H,3H2,1-2H3. The monoisotopic (exact) mass is 240 g/mol. The Labute approximate surface area is 96.5 Å². The topological polar surface area (TPSA) is 46.0 Å². The van der Waals surface area contributed by atoms with Crippen LogP contribution in [0.25, 0.3) is 0 Å². The Morgan fingerprint density at radius 2 is 2.27 bits per heavy atom. The molecule has 80 valence electrons. The van der Waals surface area contributed by atoms with E-state index in [4.69, 9.17) is 0 Å². The molecule has 0 saturated heterocycles. The summed E-state index contributed by atoms with van der Waals surface area (Å²) in [6.45, 7) is 3.90. The predicted molar refractivity (Wildman–Crippen MR) is 62.4 cm³/mol. The van der Waals surface area contributed by atoms with Crippen LogP contribution in [0.15, 0.2) is 11.7 Å². The Balaban J connectivity index is 2.14. The van der Waals surface area contributed by atoms with E-state index < -0.39 is 6.10 Å². The normalized spacial score (nSPS) is 13.0. The van der Waals surface area contributed by atoms with E-state index in [1.54, 1.807) is 34.4 Å². The second-order valence-corrected chi connectivity index (χ2v) is 5.58. The van der Waals surface area contributed by atoms with E-state index in [0.29, 0.717) is 6.42 Å². The maximum Gasteiger partial charge on any atom is 0.0949 e. The molecule has 0 fully saturated rings. The number of aromatic nitrogens is 2. The van der Waals surface area contributed by atoms with Gasteiger partial charge in [-0.05, 0) is 13.8 Å². The Hall–Kier alpha value is -0.780. The van der Waals surface area contributed by atoms with Gasteiger partial charge in [-0.15, -0.1) is 22.7 Å². The number of aliphatic hydroxyl groups excluding tert-OH is 1. The van der Waals surface area contributed by atoms with Gasteiger partial charge < -0.3 is 5.11 Å². The first-order valence-electron chi connectivity index (χ1n) is 4.66. The predicted octanol–water partition coefficient (Wildman–Crippen LogP) is 2.49. The van der Waals surface area contributed by atoms with Crippen molar-refractivity contribution in [2.24, 2.45) is 0 Å². The minimum atomic E-state index is -0.448. The molecular weight excluding hydrogens is 228 g/mol. The fraction of sp³-hybridized carbons (Fsp3) is 0.400. The van der Waals surface area contributed by atoms with Crippen LogP contribution in [0.2, 0.25) is 0 Å². The fourth-order valence-electron chi connectivity index (χ4n) is 1.48. The lowest BCUT2D eigenvalue weighted by Crippen LogP contribution is -1.99. The van der Waals surface area contributed by atoms with Crippen molar-refractivity contribution in [2.45, 2.75) is 26.4 Å². The molecule has 0 aromatic carbocycles. The lowest BCUT2D eigenvalue weighted by Gasteiger charge is -2.06. The molecular formula is C10H12N2OS2. The van der Waals surface area contributed by atoms with Crippen molar-refractivity contribution in [3.8, 4) is 0 Å². The molecule has 0 radical (unpaired) electrons. The zero-order valence-electron chi connectivity index (χ0n) is 8.60. The van der Waals surface area contributed by atoms with Gasteiger partial charge in [0.25, 0.3) is 0 Å². The van der Waals surface area contributed by atoms with E-state index in [1.807, 2.05) is 13.8 Å². The Morgan fingerprint density at radius 3 is 2.80 bits per heavy atom. The maximum atomic E-state index is 10.0. The van der Waals surface area contributed by atoms with E-state index in [-0.39, 0.29) is 0 Å². The number of rotatable bonds is 3. The van der Waals surface area contributed by atoms with Crippen molar-refractivity contribution in [1.82, 2.24) is 9.97 Å². The molecule has 2 aromatic heterocycles. The summed E-state index contributed by atoms with van der Waals surface area (Å²) in [5.74, 6) is 0. The quantitative estimate of drug-likeness (QED) is 0.896. The first-order chi connectivity index (χ1) is 7.16. The minimum absolute atomic E-state index is 0.448. The average Bonchev–Trinajstić information content (AvgIpc) is 2.75. The summed E-state index contributed by atoms with van der Waals surface area (Å²) < 4.78 is 0. The van der Waals surface area contributed by atoms with Crippen molar-refractivity contribution in [1.29, 1.82) is 0 Å². The number of hydrogen-bond acceptors (Lipinski definition) is 5. The van der Waals surface area contributed by atoms with Crippen LogP contribution in [0.1, 0.15) is 26.6 Å². The van der Waals surface area contributed by atoms with E-state index in [1.165, 1.54) is 0 Å². The van der Waals surface area contributed by atoms with Crippen molar-refractivity contribution in [3.63, 3.8) is 0 Å². The Bertz CT molecular complexity index is 436. The molecule has 3 nitrogen and oxygen atoms in total. The number of aliphatic hydroxyl groups is 1. The lowest BCUT2D eigenvalue weighted by atomic mass is 10.2. The molecule has 1 unspecified atom stereocenters. The van der Waals surface area contributed by atoms with E-state index in [2.05, 4.69) is 9.97 Å². The molecule has 0 amide bonds. The highest BCUT2D eigenvalue weighted by atomic mass is 32.1. The first kappa shape index (κ1) is 10.7. The third kappa shape index (κ3) is 2.42. The van der Waals surface area contributed by atoms with Crippen LogP contribution < -0.4 is 0 Å². The highest BCUT2D eigenvalue weighted by Gasteiger charge is 2.15. The molecule has 0 aliphatic heterocycles. The van der Waals surface area contributed by atoms with Crippen LogP contribution >= 0.6 is 22.7 Å². The molecule has 1 atom stereocenters. The molecule has 0 aliphatic rings. The molecule has 2 aromatic rings. The average molecular weight is 240 g/mol. The summed E-state index contributed by atoms with van der Waals surface area (Å²) in [6, 6.07) is 0. The zero-order chi connectivity index (χ0) is 10.8. The van der Waals surface area contributed by atoms with Crippen LogP contribution in [0.4, 0.5) is 0 Å². The second kappa shape index (κ2) is 4.38. The van der Waals surface area contributed by atoms with Gasteiger partial charge in [0.2, 0.25) is 0 Å². The van der Waals surface area contributed by atoms with Crippen molar-refractivity contribution >= 4 is 22.7 Å². The summed E-state index contributed by atoms with van der Waals surface area (Å²) in [4.78, 5) is 10.4. The van der Waals surface area contributed by atoms with Crippen LogP contribution in [-0.2, 0) is 6.42 Å². The van der Waals surface area contributed by atoms with Gasteiger partial charge in [-0.3, -0.25) is 4.98 Å². The highest BCUT2D eigenvalue weighted by Crippen LogP contribution is 2.27. The van der Waals surface area contributed by atoms with Gasteiger partial charge in [-0.1, -0.05) is 0 Å². The number of nitrogens with zero attached hydrogens (tertiary/aromatic N) is 2. The molecule has 15 heavy (non-hydrogen) atoms. The van der Waals surface area contributed by atoms with Crippen LogP contribution in [0.5, 0.6) is 0 Å². The van der Waals surface area contributed by atoms with Crippen LogP contribution in [-0.4, -0.2) is 15.1 Å². The first-order valence-corrected chi connectivity index (χ1v) is 6.36. The molecule has 0 saturated carbocycles. The molecule has 2 heterocycles. The van der Waals surface area contributed by atoms with Crippen molar-refractivity contribution in [2.75, 3.05) is 0 Å².